The van der Waals surface area contributed by atoms with Crippen molar-refractivity contribution >= 4 is 45.1 Å². The van der Waals surface area contributed by atoms with Gasteiger partial charge in [-0.05, 0) is 43.5 Å². The Morgan fingerprint density at radius 2 is 1.90 bits per heavy atom. The molecule has 4 aromatic rings. The molecule has 8 heteroatoms. The van der Waals surface area contributed by atoms with E-state index in [2.05, 4.69) is 57.2 Å². The zero-order valence-corrected chi connectivity index (χ0v) is 18.9. The maximum Gasteiger partial charge on any atom is 0.195 e. The number of ether oxygens (including phenoxy) is 1. The van der Waals surface area contributed by atoms with Crippen LogP contribution in [0.25, 0.3) is 15.9 Å². The Labute approximate surface area is 188 Å². The van der Waals surface area contributed by atoms with Crippen LogP contribution in [0.15, 0.2) is 64.1 Å². The van der Waals surface area contributed by atoms with Crippen LogP contribution in [0.5, 0.6) is 0 Å². The van der Waals surface area contributed by atoms with Gasteiger partial charge < -0.3 is 4.74 Å². The molecule has 0 saturated carbocycles. The van der Waals surface area contributed by atoms with Gasteiger partial charge in [-0.15, -0.1) is 21.5 Å². The molecule has 1 fully saturated rings. The number of rotatable bonds is 8. The van der Waals surface area contributed by atoms with Crippen LogP contribution in [0.3, 0.4) is 0 Å². The van der Waals surface area contributed by atoms with Gasteiger partial charge in [-0.3, -0.25) is 4.57 Å². The third-order valence-electron chi connectivity index (χ3n) is 5.01. The number of aromatic nitrogens is 4. The average molecular weight is 455 g/mol. The molecular formula is C22H22N4OS3. The molecule has 1 saturated heterocycles. The number of hydrogen-bond acceptors (Lipinski definition) is 7. The van der Waals surface area contributed by atoms with Crippen molar-refractivity contribution in [3.8, 4) is 5.69 Å². The van der Waals surface area contributed by atoms with Crippen molar-refractivity contribution in [1.29, 1.82) is 0 Å². The predicted octanol–water partition coefficient (Wildman–Crippen LogP) is 5.83. The van der Waals surface area contributed by atoms with Crippen molar-refractivity contribution in [2.75, 3.05) is 12.4 Å². The SMILES string of the molecule is c1ccc(-n2c(CSc3nc4ccccc4s3)nnc2SCCC2CCCO2)cc1. The predicted molar refractivity (Wildman–Crippen MR) is 125 cm³/mol. The summed E-state index contributed by atoms with van der Waals surface area (Å²) < 4.78 is 10.2. The molecule has 154 valence electrons. The van der Waals surface area contributed by atoms with Gasteiger partial charge in [0.1, 0.15) is 5.82 Å². The summed E-state index contributed by atoms with van der Waals surface area (Å²) in [6.07, 6.45) is 3.82. The van der Waals surface area contributed by atoms with E-state index < -0.39 is 0 Å². The summed E-state index contributed by atoms with van der Waals surface area (Å²) in [5, 5.41) is 9.99. The maximum atomic E-state index is 5.76. The molecule has 1 atom stereocenters. The Balaban J connectivity index is 1.33. The summed E-state index contributed by atoms with van der Waals surface area (Å²) in [7, 11) is 0. The first-order chi connectivity index (χ1) is 14.9. The van der Waals surface area contributed by atoms with E-state index in [9.17, 15) is 0 Å². The normalized spacial score (nSPS) is 16.5. The number of thioether (sulfide) groups is 2. The lowest BCUT2D eigenvalue weighted by atomic mass is 10.2. The molecular weight excluding hydrogens is 432 g/mol. The number of benzene rings is 2. The number of para-hydroxylation sites is 2. The van der Waals surface area contributed by atoms with Crippen molar-refractivity contribution < 1.29 is 4.74 Å². The Bertz CT molecular complexity index is 1070. The van der Waals surface area contributed by atoms with Gasteiger partial charge >= 0.3 is 0 Å². The third kappa shape index (κ3) is 4.56. The average Bonchev–Trinajstić information content (AvgIpc) is 3.52. The lowest BCUT2D eigenvalue weighted by Crippen LogP contribution is -2.06. The highest BCUT2D eigenvalue weighted by Crippen LogP contribution is 2.32. The van der Waals surface area contributed by atoms with Crippen LogP contribution in [-0.2, 0) is 10.5 Å². The molecule has 5 nitrogen and oxygen atoms in total. The summed E-state index contributed by atoms with van der Waals surface area (Å²) in [6.45, 7) is 0.905. The highest BCUT2D eigenvalue weighted by molar-refractivity contribution is 8.00. The van der Waals surface area contributed by atoms with Crippen molar-refractivity contribution in [3.05, 3.63) is 60.4 Å². The molecule has 1 aliphatic rings. The van der Waals surface area contributed by atoms with E-state index in [1.807, 2.05) is 12.1 Å². The monoisotopic (exact) mass is 454 g/mol. The summed E-state index contributed by atoms with van der Waals surface area (Å²) in [5.41, 5.74) is 2.15. The van der Waals surface area contributed by atoms with Crippen LogP contribution < -0.4 is 0 Å². The maximum absolute atomic E-state index is 5.76. The highest BCUT2D eigenvalue weighted by atomic mass is 32.2. The lowest BCUT2D eigenvalue weighted by molar-refractivity contribution is 0.109. The number of nitrogens with zero attached hydrogens (tertiary/aromatic N) is 4. The third-order valence-corrected chi connectivity index (χ3v) is 8.15. The van der Waals surface area contributed by atoms with Gasteiger partial charge in [0.15, 0.2) is 9.50 Å². The highest BCUT2D eigenvalue weighted by Gasteiger charge is 2.18. The smallest absolute Gasteiger partial charge is 0.195 e. The molecule has 0 amide bonds. The zero-order valence-electron chi connectivity index (χ0n) is 16.4. The van der Waals surface area contributed by atoms with Crippen LogP contribution in [-0.4, -0.2) is 38.2 Å². The van der Waals surface area contributed by atoms with Crippen LogP contribution in [0, 0.1) is 0 Å². The Morgan fingerprint density at radius 3 is 2.73 bits per heavy atom. The minimum Gasteiger partial charge on any atom is -0.378 e. The zero-order chi connectivity index (χ0) is 20.2. The molecule has 0 bridgehead atoms. The molecule has 0 radical (unpaired) electrons. The van der Waals surface area contributed by atoms with Crippen LogP contribution in [0.4, 0.5) is 0 Å². The first-order valence-corrected chi connectivity index (χ1v) is 12.9. The van der Waals surface area contributed by atoms with Crippen molar-refractivity contribution in [2.45, 2.75) is 40.6 Å². The Hall–Kier alpha value is -1.87. The van der Waals surface area contributed by atoms with Gasteiger partial charge in [0.25, 0.3) is 0 Å². The van der Waals surface area contributed by atoms with Crippen molar-refractivity contribution in [2.24, 2.45) is 0 Å². The van der Waals surface area contributed by atoms with Crippen molar-refractivity contribution in [3.63, 3.8) is 0 Å². The van der Waals surface area contributed by atoms with E-state index in [4.69, 9.17) is 9.72 Å². The summed E-state index contributed by atoms with van der Waals surface area (Å²) in [5.74, 6) is 2.67. The second-order valence-corrected chi connectivity index (χ2v) is 10.4. The largest absolute Gasteiger partial charge is 0.378 e. The van der Waals surface area contributed by atoms with Crippen molar-refractivity contribution in [1.82, 2.24) is 19.7 Å². The first-order valence-electron chi connectivity index (χ1n) is 10.1. The summed E-state index contributed by atoms with van der Waals surface area (Å²) in [6, 6.07) is 18.6. The van der Waals surface area contributed by atoms with Crippen LogP contribution in [0.2, 0.25) is 0 Å². The molecule has 1 unspecified atom stereocenters. The Kier molecular flexibility index (Phi) is 6.36. The molecule has 2 aromatic carbocycles. The number of fused-ring (bicyclic) bond motifs is 1. The Morgan fingerprint density at radius 1 is 1.03 bits per heavy atom. The van der Waals surface area contributed by atoms with E-state index in [1.165, 1.54) is 17.5 Å². The van der Waals surface area contributed by atoms with Gasteiger partial charge in [0, 0.05) is 18.0 Å². The minimum atomic E-state index is 0.402. The van der Waals surface area contributed by atoms with E-state index in [0.29, 0.717) is 6.10 Å². The van der Waals surface area contributed by atoms with Crippen LogP contribution in [0.1, 0.15) is 25.1 Å². The second-order valence-electron chi connectivity index (χ2n) is 7.08. The number of thiazole rings is 1. The fraction of sp³-hybridized carbons (Fsp3) is 0.318. The quantitative estimate of drug-likeness (QED) is 0.312. The molecule has 5 rings (SSSR count). The standard InChI is InChI=1S/C22H22N4OS3/c1-2-7-16(8-3-1)26-20(15-29-22-23-18-10-4-5-11-19(18)30-22)24-25-21(26)28-14-12-17-9-6-13-27-17/h1-5,7-8,10-11,17H,6,9,12-15H2. The topological polar surface area (TPSA) is 52.8 Å². The summed E-state index contributed by atoms with van der Waals surface area (Å²) in [4.78, 5) is 4.74. The van der Waals surface area contributed by atoms with E-state index in [0.717, 1.165) is 51.1 Å². The molecule has 3 heterocycles. The molecule has 2 aromatic heterocycles. The van der Waals surface area contributed by atoms with Gasteiger partial charge in [-0.2, -0.15) is 0 Å². The van der Waals surface area contributed by atoms with Gasteiger partial charge in [-0.25, -0.2) is 4.98 Å². The molecule has 0 spiro atoms. The molecule has 0 N–H and O–H groups in total. The van der Waals surface area contributed by atoms with E-state index in [1.54, 1.807) is 34.9 Å². The van der Waals surface area contributed by atoms with Gasteiger partial charge in [0.05, 0.1) is 22.1 Å². The molecule has 30 heavy (non-hydrogen) atoms. The van der Waals surface area contributed by atoms with Gasteiger partial charge in [0.2, 0.25) is 0 Å². The molecule has 1 aliphatic heterocycles. The summed E-state index contributed by atoms with van der Waals surface area (Å²) >= 11 is 5.21. The fourth-order valence-corrected chi connectivity index (χ4v) is 6.50. The minimum absolute atomic E-state index is 0.402. The van der Waals surface area contributed by atoms with Crippen LogP contribution >= 0.6 is 34.9 Å². The van der Waals surface area contributed by atoms with E-state index >= 15 is 0 Å². The van der Waals surface area contributed by atoms with Gasteiger partial charge in [-0.1, -0.05) is 53.9 Å². The molecule has 0 aliphatic carbocycles. The second kappa shape index (κ2) is 9.51. The fourth-order valence-electron chi connectivity index (χ4n) is 3.52. The van der Waals surface area contributed by atoms with E-state index in [-0.39, 0.29) is 0 Å². The first kappa shape index (κ1) is 20.1. The number of hydrogen-bond donors (Lipinski definition) is 0. The lowest BCUT2D eigenvalue weighted by Gasteiger charge is -2.11.